The molecule has 0 aliphatic carbocycles. The average Bonchev–Trinajstić information content (AvgIpc) is 2.90. The third-order valence-electron chi connectivity index (χ3n) is 4.01. The normalized spacial score (nSPS) is 21.2. The molecule has 0 saturated carbocycles. The minimum Gasteiger partial charge on any atom is -0.497 e. The van der Waals surface area contributed by atoms with E-state index in [4.69, 9.17) is 4.74 Å². The van der Waals surface area contributed by atoms with E-state index in [-0.39, 0.29) is 12.6 Å². The Hall–Kier alpha value is -2.24. The van der Waals surface area contributed by atoms with Crippen molar-refractivity contribution in [2.45, 2.75) is 13.3 Å². The zero-order valence-corrected chi connectivity index (χ0v) is 12.5. The van der Waals surface area contributed by atoms with Crippen LogP contribution in [0.25, 0.3) is 0 Å². The molecule has 1 aromatic rings. The summed E-state index contributed by atoms with van der Waals surface area (Å²) in [5.74, 6) is -0.135. The number of nitrogens with zero attached hydrogens (tertiary/aromatic N) is 2. The van der Waals surface area contributed by atoms with Gasteiger partial charge in [-0.25, -0.2) is 4.79 Å². The minimum absolute atomic E-state index is 0.190. The Morgan fingerprint density at radius 2 is 1.95 bits per heavy atom. The number of benzene rings is 1. The molecule has 1 saturated heterocycles. The van der Waals surface area contributed by atoms with Crippen LogP contribution in [-0.4, -0.2) is 49.3 Å². The number of rotatable bonds is 3. The lowest BCUT2D eigenvalue weighted by Crippen LogP contribution is -2.42. The summed E-state index contributed by atoms with van der Waals surface area (Å²) in [4.78, 5) is 26.8. The summed E-state index contributed by atoms with van der Waals surface area (Å²) in [7, 11) is 3.27. The number of ether oxygens (including phenoxy) is 1. The number of carbonyl (C=O) groups excluding carboxylic acids is 1. The van der Waals surface area contributed by atoms with Crippen LogP contribution in [-0.2, 0) is 4.79 Å². The Balaban J connectivity index is 2.07. The van der Waals surface area contributed by atoms with Gasteiger partial charge in [0.15, 0.2) is 0 Å². The first-order valence-electron chi connectivity index (χ1n) is 6.77. The molecule has 6 heteroatoms. The predicted molar refractivity (Wildman–Crippen MR) is 78.7 cm³/mol. The number of aliphatic carboxylic acids is 1. The van der Waals surface area contributed by atoms with E-state index in [1.807, 2.05) is 0 Å². The van der Waals surface area contributed by atoms with Crippen LogP contribution in [0.1, 0.15) is 13.3 Å². The van der Waals surface area contributed by atoms with Crippen molar-refractivity contribution in [1.82, 2.24) is 4.90 Å². The molecule has 1 aromatic carbocycles. The van der Waals surface area contributed by atoms with E-state index in [2.05, 4.69) is 0 Å². The highest BCUT2D eigenvalue weighted by Crippen LogP contribution is 2.31. The van der Waals surface area contributed by atoms with Crippen molar-refractivity contribution in [1.29, 1.82) is 0 Å². The van der Waals surface area contributed by atoms with Gasteiger partial charge < -0.3 is 14.7 Å². The molecule has 0 bridgehead atoms. The van der Waals surface area contributed by atoms with E-state index in [1.165, 1.54) is 4.90 Å². The van der Waals surface area contributed by atoms with Crippen molar-refractivity contribution in [3.63, 3.8) is 0 Å². The molecule has 1 heterocycles. The number of likely N-dealkylation sites (tertiary alicyclic amines) is 1. The molecular weight excluding hydrogens is 272 g/mol. The maximum Gasteiger partial charge on any atom is 0.324 e. The van der Waals surface area contributed by atoms with Gasteiger partial charge in [-0.15, -0.1) is 0 Å². The molecule has 1 unspecified atom stereocenters. The van der Waals surface area contributed by atoms with Crippen molar-refractivity contribution in [3.8, 4) is 5.75 Å². The van der Waals surface area contributed by atoms with Gasteiger partial charge in [0.25, 0.3) is 0 Å². The number of methoxy groups -OCH3 is 1. The van der Waals surface area contributed by atoms with Crippen molar-refractivity contribution in [2.75, 3.05) is 32.1 Å². The highest BCUT2D eigenvalue weighted by atomic mass is 16.5. The van der Waals surface area contributed by atoms with Crippen LogP contribution in [0.15, 0.2) is 24.3 Å². The van der Waals surface area contributed by atoms with Crippen molar-refractivity contribution < 1.29 is 19.4 Å². The van der Waals surface area contributed by atoms with Gasteiger partial charge in [0.1, 0.15) is 5.75 Å². The molecule has 0 aromatic heterocycles. The van der Waals surface area contributed by atoms with E-state index in [1.54, 1.807) is 50.2 Å². The lowest BCUT2D eigenvalue weighted by Gasteiger charge is -2.26. The number of hydrogen-bond acceptors (Lipinski definition) is 3. The zero-order chi connectivity index (χ0) is 15.6. The highest BCUT2D eigenvalue weighted by molar-refractivity contribution is 5.92. The molecule has 1 fully saturated rings. The molecule has 0 radical (unpaired) electrons. The van der Waals surface area contributed by atoms with Gasteiger partial charge in [0, 0.05) is 25.8 Å². The van der Waals surface area contributed by atoms with Crippen LogP contribution in [0.4, 0.5) is 10.5 Å². The molecule has 21 heavy (non-hydrogen) atoms. The van der Waals surface area contributed by atoms with Crippen molar-refractivity contribution in [3.05, 3.63) is 24.3 Å². The summed E-state index contributed by atoms with van der Waals surface area (Å²) >= 11 is 0. The summed E-state index contributed by atoms with van der Waals surface area (Å²) in [5.41, 5.74) is -0.110. The molecule has 1 aliphatic rings. The topological polar surface area (TPSA) is 70.1 Å². The van der Waals surface area contributed by atoms with Gasteiger partial charge >= 0.3 is 12.0 Å². The van der Waals surface area contributed by atoms with Gasteiger partial charge in [0.05, 0.1) is 12.5 Å². The monoisotopic (exact) mass is 292 g/mol. The van der Waals surface area contributed by atoms with Crippen LogP contribution >= 0.6 is 0 Å². The summed E-state index contributed by atoms with van der Waals surface area (Å²) in [6.07, 6.45) is 0.477. The maximum absolute atomic E-state index is 12.4. The number of hydrogen-bond donors (Lipinski definition) is 1. The van der Waals surface area contributed by atoms with Gasteiger partial charge in [-0.1, -0.05) is 0 Å². The quantitative estimate of drug-likeness (QED) is 0.925. The van der Waals surface area contributed by atoms with E-state index in [0.29, 0.717) is 13.0 Å². The van der Waals surface area contributed by atoms with Crippen LogP contribution in [0, 0.1) is 5.41 Å². The van der Waals surface area contributed by atoms with Crippen LogP contribution in [0.3, 0.4) is 0 Å². The maximum atomic E-state index is 12.4. The molecule has 2 amide bonds. The van der Waals surface area contributed by atoms with Gasteiger partial charge in [-0.2, -0.15) is 0 Å². The molecule has 0 spiro atoms. The Bertz CT molecular complexity index is 543. The first kappa shape index (κ1) is 15.2. The number of urea groups is 1. The van der Waals surface area contributed by atoms with Crippen LogP contribution in [0.2, 0.25) is 0 Å². The van der Waals surface area contributed by atoms with Crippen LogP contribution < -0.4 is 9.64 Å². The second-order valence-electron chi connectivity index (χ2n) is 5.58. The van der Waals surface area contributed by atoms with E-state index >= 15 is 0 Å². The Labute approximate surface area is 123 Å². The molecule has 1 N–H and O–H groups in total. The second-order valence-corrected chi connectivity index (χ2v) is 5.58. The zero-order valence-electron chi connectivity index (χ0n) is 12.5. The van der Waals surface area contributed by atoms with Crippen molar-refractivity contribution in [2.24, 2.45) is 5.41 Å². The fourth-order valence-corrected chi connectivity index (χ4v) is 2.43. The number of carboxylic acids is 1. The lowest BCUT2D eigenvalue weighted by atomic mass is 9.90. The molecular formula is C15H20N2O4. The largest absolute Gasteiger partial charge is 0.497 e. The van der Waals surface area contributed by atoms with Gasteiger partial charge in [-0.3, -0.25) is 9.69 Å². The summed E-state index contributed by atoms with van der Waals surface area (Å²) < 4.78 is 5.08. The fraction of sp³-hybridized carbons (Fsp3) is 0.467. The predicted octanol–water partition coefficient (Wildman–Crippen LogP) is 2.05. The number of carboxylic acid groups (broad SMARTS) is 1. The molecule has 1 aliphatic heterocycles. The fourth-order valence-electron chi connectivity index (χ4n) is 2.43. The summed E-state index contributed by atoms with van der Waals surface area (Å²) in [6.45, 7) is 2.37. The van der Waals surface area contributed by atoms with Gasteiger partial charge in [-0.05, 0) is 37.6 Å². The number of carbonyl (C=O) groups is 2. The van der Waals surface area contributed by atoms with Crippen LogP contribution in [0.5, 0.6) is 5.75 Å². The first-order valence-corrected chi connectivity index (χ1v) is 6.77. The minimum atomic E-state index is -0.857. The Morgan fingerprint density at radius 1 is 1.33 bits per heavy atom. The van der Waals surface area contributed by atoms with E-state index in [9.17, 15) is 14.7 Å². The molecule has 2 rings (SSSR count). The Kier molecular flexibility index (Phi) is 4.06. The molecule has 6 nitrogen and oxygen atoms in total. The first-order chi connectivity index (χ1) is 9.87. The van der Waals surface area contributed by atoms with E-state index < -0.39 is 11.4 Å². The third kappa shape index (κ3) is 2.94. The van der Waals surface area contributed by atoms with Gasteiger partial charge in [0.2, 0.25) is 0 Å². The smallest absolute Gasteiger partial charge is 0.324 e. The average molecular weight is 292 g/mol. The molecule has 1 atom stereocenters. The SMILES string of the molecule is COc1ccc(N(C)C(=O)N2CCC(C)(C(=O)O)C2)cc1. The third-order valence-corrected chi connectivity index (χ3v) is 4.01. The standard InChI is InChI=1S/C15H20N2O4/c1-15(13(18)19)8-9-17(10-15)14(20)16(2)11-4-6-12(21-3)7-5-11/h4-7H,8-10H2,1-3H3,(H,18,19). The second kappa shape index (κ2) is 5.63. The highest BCUT2D eigenvalue weighted by Gasteiger charge is 2.42. The van der Waals surface area contributed by atoms with Crippen molar-refractivity contribution >= 4 is 17.7 Å². The van der Waals surface area contributed by atoms with E-state index in [0.717, 1.165) is 11.4 Å². The number of anilines is 1. The number of amides is 2. The summed E-state index contributed by atoms with van der Waals surface area (Å²) in [5, 5.41) is 9.22. The molecule has 114 valence electrons. The summed E-state index contributed by atoms with van der Waals surface area (Å²) in [6, 6.07) is 6.96. The Morgan fingerprint density at radius 3 is 2.43 bits per heavy atom. The lowest BCUT2D eigenvalue weighted by molar-refractivity contribution is -0.146.